The van der Waals surface area contributed by atoms with Crippen LogP contribution in [-0.2, 0) is 12.4 Å². The van der Waals surface area contributed by atoms with Gasteiger partial charge in [-0.25, -0.2) is 9.37 Å². The molecule has 0 saturated heterocycles. The average molecular weight is 459 g/mol. The Kier molecular flexibility index (Phi) is 6.72. The lowest BCUT2D eigenvalue weighted by atomic mass is 10.1. The molecule has 0 aliphatic heterocycles. The van der Waals surface area contributed by atoms with Crippen molar-refractivity contribution >= 4 is 17.4 Å². The number of nitrogens with two attached hydrogens (primary N) is 1. The zero-order valence-corrected chi connectivity index (χ0v) is 18.2. The molecule has 4 aromatic rings. The lowest BCUT2D eigenvalue weighted by molar-refractivity contribution is 0.306. The van der Waals surface area contributed by atoms with Crippen molar-refractivity contribution in [2.24, 2.45) is 0 Å². The van der Waals surface area contributed by atoms with Crippen LogP contribution in [0.1, 0.15) is 16.7 Å². The number of aromatic amines is 1. The molecule has 0 fully saturated rings. The van der Waals surface area contributed by atoms with Gasteiger partial charge in [-0.15, -0.1) is 0 Å². The Hall–Kier alpha value is -4.09. The van der Waals surface area contributed by atoms with E-state index in [1.165, 1.54) is 23.9 Å². The van der Waals surface area contributed by atoms with E-state index in [0.717, 1.165) is 11.1 Å². The van der Waals surface area contributed by atoms with Crippen LogP contribution < -0.4 is 16.0 Å². The molecule has 0 radical (unpaired) electrons. The lowest BCUT2D eigenvalue weighted by Crippen LogP contribution is -2.14. The number of nitrogens with one attached hydrogen (secondary N) is 1. The van der Waals surface area contributed by atoms with Gasteiger partial charge in [-0.1, -0.05) is 36.0 Å². The Morgan fingerprint density at radius 1 is 1.00 bits per heavy atom. The Labute approximate surface area is 193 Å². The van der Waals surface area contributed by atoms with Gasteiger partial charge in [-0.3, -0.25) is 4.79 Å². The number of hydrogen-bond acceptors (Lipinski definition) is 6. The number of halogens is 1. The molecule has 0 atom stereocenters. The van der Waals surface area contributed by atoms with Crippen LogP contribution in [0.3, 0.4) is 0 Å². The third-order valence-corrected chi connectivity index (χ3v) is 5.76. The molecule has 0 bridgehead atoms. The van der Waals surface area contributed by atoms with Crippen molar-refractivity contribution in [3.05, 3.63) is 106 Å². The molecule has 3 N–H and O–H groups in total. The molecule has 164 valence electrons. The van der Waals surface area contributed by atoms with Crippen LogP contribution in [0.25, 0.3) is 11.3 Å². The lowest BCUT2D eigenvalue weighted by Gasteiger charge is -2.09. The van der Waals surface area contributed by atoms with Crippen molar-refractivity contribution in [3.8, 4) is 23.1 Å². The fourth-order valence-corrected chi connectivity index (χ4v) is 3.87. The Bertz CT molecular complexity index is 1350. The number of aromatic nitrogens is 2. The normalized spacial score (nSPS) is 10.5. The second kappa shape index (κ2) is 10.0. The molecule has 0 aliphatic carbocycles. The van der Waals surface area contributed by atoms with Crippen molar-refractivity contribution in [3.63, 3.8) is 0 Å². The summed E-state index contributed by atoms with van der Waals surface area (Å²) in [6.45, 7) is 0.290. The maximum absolute atomic E-state index is 13.0. The molecule has 1 heterocycles. The molecule has 0 saturated carbocycles. The van der Waals surface area contributed by atoms with E-state index >= 15 is 0 Å². The summed E-state index contributed by atoms with van der Waals surface area (Å²) >= 11 is 1.36. The fourth-order valence-electron chi connectivity index (χ4n) is 3.06. The van der Waals surface area contributed by atoms with Crippen molar-refractivity contribution < 1.29 is 9.13 Å². The number of anilines is 1. The highest BCUT2D eigenvalue weighted by Gasteiger charge is 2.14. The molecule has 1 aromatic heterocycles. The summed E-state index contributed by atoms with van der Waals surface area (Å²) in [5.41, 5.74) is 8.67. The summed E-state index contributed by atoms with van der Waals surface area (Å²) in [7, 11) is 0. The van der Waals surface area contributed by atoms with E-state index in [9.17, 15) is 14.4 Å². The summed E-state index contributed by atoms with van der Waals surface area (Å²) in [6.07, 6.45) is 0. The predicted octanol–water partition coefficient (Wildman–Crippen LogP) is 4.90. The van der Waals surface area contributed by atoms with E-state index in [4.69, 9.17) is 10.5 Å². The minimum absolute atomic E-state index is 0.0492. The minimum atomic E-state index is -0.487. The first-order valence-corrected chi connectivity index (χ1v) is 11.0. The molecule has 0 amide bonds. The van der Waals surface area contributed by atoms with Crippen molar-refractivity contribution in [2.75, 3.05) is 5.73 Å². The molecule has 0 spiro atoms. The number of H-pyrrole nitrogens is 1. The quantitative estimate of drug-likeness (QED) is 0.232. The first kappa shape index (κ1) is 22.1. The molecule has 4 rings (SSSR count). The number of nitrogens with zero attached hydrogens (tertiary/aromatic N) is 2. The summed E-state index contributed by atoms with van der Waals surface area (Å²) in [6, 6.07) is 22.5. The van der Waals surface area contributed by atoms with E-state index in [1.54, 1.807) is 36.4 Å². The number of benzene rings is 3. The molecular weight excluding hydrogens is 439 g/mol. The predicted molar refractivity (Wildman–Crippen MR) is 126 cm³/mol. The van der Waals surface area contributed by atoms with Crippen LogP contribution in [0.4, 0.5) is 10.1 Å². The topological polar surface area (TPSA) is 105 Å². The van der Waals surface area contributed by atoms with Gasteiger partial charge in [-0.05, 0) is 59.7 Å². The Morgan fingerprint density at radius 2 is 1.67 bits per heavy atom. The molecule has 8 heteroatoms. The van der Waals surface area contributed by atoms with Crippen LogP contribution in [0.15, 0.2) is 82.7 Å². The summed E-state index contributed by atoms with van der Waals surface area (Å²) in [4.78, 5) is 19.7. The minimum Gasteiger partial charge on any atom is -0.489 e. The van der Waals surface area contributed by atoms with Crippen LogP contribution in [0.2, 0.25) is 0 Å². The zero-order chi connectivity index (χ0) is 23.2. The summed E-state index contributed by atoms with van der Waals surface area (Å²) in [5.74, 6) is 0.891. The fraction of sp³-hybridized carbons (Fsp3) is 0.0800. The van der Waals surface area contributed by atoms with E-state index in [2.05, 4.69) is 9.97 Å². The summed E-state index contributed by atoms with van der Waals surface area (Å²) < 4.78 is 18.8. The van der Waals surface area contributed by atoms with E-state index in [-0.39, 0.29) is 18.0 Å². The SMILES string of the molecule is N#Cc1c(-c2ccc(OCc3ccc(F)cc3)cc2)nc(SCc2ccc(N)cc2)[nH]c1=O. The third kappa shape index (κ3) is 5.59. The maximum Gasteiger partial charge on any atom is 0.270 e. The second-order valence-corrected chi connectivity index (χ2v) is 8.14. The van der Waals surface area contributed by atoms with Crippen LogP contribution in [-0.4, -0.2) is 9.97 Å². The number of ether oxygens (including phenoxy) is 1. The molecule has 0 aliphatic rings. The van der Waals surface area contributed by atoms with Crippen LogP contribution in [0, 0.1) is 17.1 Å². The smallest absolute Gasteiger partial charge is 0.270 e. The van der Waals surface area contributed by atoms with Crippen molar-refractivity contribution in [1.82, 2.24) is 9.97 Å². The van der Waals surface area contributed by atoms with E-state index in [1.807, 2.05) is 30.3 Å². The van der Waals surface area contributed by atoms with Gasteiger partial charge in [0.05, 0.1) is 5.69 Å². The number of thioether (sulfide) groups is 1. The van der Waals surface area contributed by atoms with E-state index in [0.29, 0.717) is 33.6 Å². The van der Waals surface area contributed by atoms with Gasteiger partial charge in [0, 0.05) is 17.0 Å². The van der Waals surface area contributed by atoms with Gasteiger partial charge in [0.15, 0.2) is 5.16 Å². The number of rotatable bonds is 7. The molecule has 3 aromatic carbocycles. The Morgan fingerprint density at radius 3 is 2.33 bits per heavy atom. The van der Waals surface area contributed by atoms with Gasteiger partial charge < -0.3 is 15.5 Å². The monoisotopic (exact) mass is 458 g/mol. The molecular formula is C25H19FN4O2S. The number of nitriles is 1. The van der Waals surface area contributed by atoms with Gasteiger partial charge in [0.2, 0.25) is 0 Å². The third-order valence-electron chi connectivity index (χ3n) is 4.81. The molecule has 33 heavy (non-hydrogen) atoms. The average Bonchev–Trinajstić information content (AvgIpc) is 2.83. The van der Waals surface area contributed by atoms with Crippen LogP contribution in [0.5, 0.6) is 5.75 Å². The number of nitrogen functional groups attached to an aromatic ring is 1. The standard InChI is InChI=1S/C25H19FN4O2S/c26-19-7-1-16(2-8-19)14-32-21-11-5-18(6-12-21)23-22(13-27)24(31)30-25(29-23)33-15-17-3-9-20(28)10-4-17/h1-12H,14-15,28H2,(H,29,30,31). The molecule has 6 nitrogen and oxygen atoms in total. The van der Waals surface area contributed by atoms with Gasteiger partial charge >= 0.3 is 0 Å². The van der Waals surface area contributed by atoms with Gasteiger partial charge in [0.25, 0.3) is 5.56 Å². The highest BCUT2D eigenvalue weighted by molar-refractivity contribution is 7.98. The highest BCUT2D eigenvalue weighted by atomic mass is 32.2. The Balaban J connectivity index is 1.51. The van der Waals surface area contributed by atoms with Gasteiger partial charge in [-0.2, -0.15) is 5.26 Å². The highest BCUT2D eigenvalue weighted by Crippen LogP contribution is 2.26. The largest absolute Gasteiger partial charge is 0.489 e. The first-order chi connectivity index (χ1) is 16.0. The van der Waals surface area contributed by atoms with Crippen LogP contribution >= 0.6 is 11.8 Å². The summed E-state index contributed by atoms with van der Waals surface area (Å²) in [5, 5.41) is 9.91. The maximum atomic E-state index is 13.0. The van der Waals surface area contributed by atoms with E-state index < -0.39 is 5.56 Å². The van der Waals surface area contributed by atoms with Gasteiger partial charge in [0.1, 0.15) is 29.8 Å². The first-order valence-electron chi connectivity index (χ1n) is 10.0. The van der Waals surface area contributed by atoms with Crippen molar-refractivity contribution in [1.29, 1.82) is 5.26 Å². The molecule has 0 unspecified atom stereocenters. The van der Waals surface area contributed by atoms with Crippen molar-refractivity contribution in [2.45, 2.75) is 17.5 Å². The second-order valence-electron chi connectivity index (χ2n) is 7.18. The number of hydrogen-bond donors (Lipinski definition) is 2. The zero-order valence-electron chi connectivity index (χ0n) is 17.4.